The van der Waals surface area contributed by atoms with E-state index < -0.39 is 0 Å². The Morgan fingerprint density at radius 3 is 2.62 bits per heavy atom. The molecule has 1 aromatic carbocycles. The molecule has 6 heteroatoms. The van der Waals surface area contributed by atoms with Crippen molar-refractivity contribution in [3.05, 3.63) is 53.9 Å². The van der Waals surface area contributed by atoms with Crippen LogP contribution in [0.15, 0.2) is 42.6 Å². The Morgan fingerprint density at radius 2 is 1.93 bits per heavy atom. The molecule has 1 aliphatic rings. The van der Waals surface area contributed by atoms with Crippen LogP contribution in [-0.4, -0.2) is 52.4 Å². The average Bonchev–Trinajstić information content (AvgIpc) is 3.19. The first-order valence-corrected chi connectivity index (χ1v) is 10.3. The van der Waals surface area contributed by atoms with Crippen molar-refractivity contribution in [3.8, 4) is 5.75 Å². The van der Waals surface area contributed by atoms with Gasteiger partial charge in [-0.3, -0.25) is 9.59 Å². The zero-order valence-corrected chi connectivity index (χ0v) is 17.8. The highest BCUT2D eigenvalue weighted by atomic mass is 16.5. The quantitative estimate of drug-likeness (QED) is 0.719. The van der Waals surface area contributed by atoms with Crippen molar-refractivity contribution in [3.63, 3.8) is 0 Å². The van der Waals surface area contributed by atoms with Crippen LogP contribution in [0.3, 0.4) is 0 Å². The summed E-state index contributed by atoms with van der Waals surface area (Å²) in [5, 5.41) is 0. The minimum absolute atomic E-state index is 0.0173. The number of fused-ring (bicyclic) bond motifs is 1. The summed E-state index contributed by atoms with van der Waals surface area (Å²) in [5.74, 6) is 0.754. The van der Waals surface area contributed by atoms with Gasteiger partial charge in [-0.1, -0.05) is 25.1 Å². The predicted molar refractivity (Wildman–Crippen MR) is 113 cm³/mol. The molecule has 0 fully saturated rings. The van der Waals surface area contributed by atoms with Crippen molar-refractivity contribution in [1.82, 2.24) is 14.4 Å². The molecule has 1 unspecified atom stereocenters. The Kier molecular flexibility index (Phi) is 6.62. The maximum absolute atomic E-state index is 13.4. The third-order valence-corrected chi connectivity index (χ3v) is 5.51. The monoisotopic (exact) mass is 397 g/mol. The van der Waals surface area contributed by atoms with Crippen molar-refractivity contribution in [2.75, 3.05) is 20.2 Å². The zero-order chi connectivity index (χ0) is 21.0. The molecule has 0 bridgehead atoms. The lowest BCUT2D eigenvalue weighted by Crippen LogP contribution is -2.49. The van der Waals surface area contributed by atoms with E-state index in [9.17, 15) is 9.59 Å². The molecule has 29 heavy (non-hydrogen) atoms. The average molecular weight is 398 g/mol. The number of carbonyl (C=O) groups excluding carboxylic acids is 2. The lowest BCUT2D eigenvalue weighted by Gasteiger charge is -2.39. The molecule has 2 amide bonds. The van der Waals surface area contributed by atoms with E-state index in [0.717, 1.165) is 30.0 Å². The molecule has 2 aromatic rings. The van der Waals surface area contributed by atoms with Crippen LogP contribution in [0.1, 0.15) is 50.9 Å². The highest BCUT2D eigenvalue weighted by Crippen LogP contribution is 2.37. The van der Waals surface area contributed by atoms with Crippen molar-refractivity contribution >= 4 is 11.8 Å². The van der Waals surface area contributed by atoms with E-state index in [1.54, 1.807) is 12.0 Å². The summed E-state index contributed by atoms with van der Waals surface area (Å²) in [6.07, 6.45) is 3.28. The number of benzene rings is 1. The standard InChI is InChI=1S/C23H31N3O3/c1-5-9-21(27)26(17(2)3)16-22(28)25-15-14-24-13-8-11-19(24)23(25)18-10-6-7-12-20(18)29-4/h6-8,10-13,17,23H,5,9,14-16H2,1-4H3. The highest BCUT2D eigenvalue weighted by molar-refractivity contribution is 5.85. The van der Waals surface area contributed by atoms with Crippen LogP contribution < -0.4 is 4.74 Å². The number of hydrogen-bond acceptors (Lipinski definition) is 3. The predicted octanol–water partition coefficient (Wildman–Crippen LogP) is 3.47. The maximum Gasteiger partial charge on any atom is 0.243 e. The first-order chi connectivity index (χ1) is 14.0. The lowest BCUT2D eigenvalue weighted by atomic mass is 9.98. The third kappa shape index (κ3) is 4.31. The summed E-state index contributed by atoms with van der Waals surface area (Å²) in [6.45, 7) is 7.33. The summed E-state index contributed by atoms with van der Waals surface area (Å²) in [6, 6.07) is 11.6. The molecule has 1 atom stereocenters. The fourth-order valence-corrected chi connectivity index (χ4v) is 4.02. The van der Waals surface area contributed by atoms with Crippen LogP contribution in [0.5, 0.6) is 5.75 Å². The molecule has 3 rings (SSSR count). The molecule has 2 heterocycles. The van der Waals surface area contributed by atoms with Crippen molar-refractivity contribution in [2.45, 2.75) is 52.2 Å². The summed E-state index contributed by atoms with van der Waals surface area (Å²) >= 11 is 0. The van der Waals surface area contributed by atoms with Gasteiger partial charge in [0, 0.05) is 43.0 Å². The van der Waals surface area contributed by atoms with Gasteiger partial charge in [-0.2, -0.15) is 0 Å². The van der Waals surface area contributed by atoms with E-state index in [1.165, 1.54) is 0 Å². The summed E-state index contributed by atoms with van der Waals surface area (Å²) in [5.41, 5.74) is 2.02. The number of ether oxygens (including phenoxy) is 1. The summed E-state index contributed by atoms with van der Waals surface area (Å²) in [7, 11) is 1.65. The Bertz CT molecular complexity index is 859. The van der Waals surface area contributed by atoms with E-state index in [0.29, 0.717) is 13.0 Å². The molecule has 1 aromatic heterocycles. The molecule has 0 aliphatic carbocycles. The van der Waals surface area contributed by atoms with Gasteiger partial charge in [0.2, 0.25) is 11.8 Å². The summed E-state index contributed by atoms with van der Waals surface area (Å²) in [4.78, 5) is 29.5. The van der Waals surface area contributed by atoms with Crippen LogP contribution in [0.25, 0.3) is 0 Å². The Labute approximate surface area is 173 Å². The van der Waals surface area contributed by atoms with E-state index in [2.05, 4.69) is 10.6 Å². The zero-order valence-electron chi connectivity index (χ0n) is 17.8. The molecule has 0 radical (unpaired) electrons. The van der Waals surface area contributed by atoms with E-state index in [-0.39, 0.29) is 30.4 Å². The Hall–Kier alpha value is -2.76. The third-order valence-electron chi connectivity index (χ3n) is 5.51. The molecular formula is C23H31N3O3. The number of hydrogen-bond donors (Lipinski definition) is 0. The SMILES string of the molecule is CCCC(=O)N(CC(=O)N1CCn2cccc2C1c1ccccc1OC)C(C)C. The highest BCUT2D eigenvalue weighted by Gasteiger charge is 2.35. The van der Waals surface area contributed by atoms with Gasteiger partial charge in [0.15, 0.2) is 0 Å². The number of aromatic nitrogens is 1. The van der Waals surface area contributed by atoms with Gasteiger partial charge in [0.1, 0.15) is 18.3 Å². The summed E-state index contributed by atoms with van der Waals surface area (Å²) < 4.78 is 7.78. The van der Waals surface area contributed by atoms with Crippen LogP contribution in [-0.2, 0) is 16.1 Å². The number of methoxy groups -OCH3 is 1. The second kappa shape index (κ2) is 9.16. The Morgan fingerprint density at radius 1 is 1.17 bits per heavy atom. The van der Waals surface area contributed by atoms with Crippen LogP contribution in [0.4, 0.5) is 0 Å². The Balaban J connectivity index is 1.94. The molecule has 156 valence electrons. The normalized spacial score (nSPS) is 15.9. The topological polar surface area (TPSA) is 54.8 Å². The number of nitrogens with zero attached hydrogens (tertiary/aromatic N) is 3. The number of para-hydroxylation sites is 1. The molecular weight excluding hydrogens is 366 g/mol. The van der Waals surface area contributed by atoms with Crippen LogP contribution in [0.2, 0.25) is 0 Å². The van der Waals surface area contributed by atoms with E-state index in [1.807, 2.05) is 62.2 Å². The van der Waals surface area contributed by atoms with Crippen molar-refractivity contribution in [1.29, 1.82) is 0 Å². The van der Waals surface area contributed by atoms with Gasteiger partial charge in [-0.25, -0.2) is 0 Å². The van der Waals surface area contributed by atoms with Gasteiger partial charge < -0.3 is 19.1 Å². The number of rotatable bonds is 7. The molecule has 1 aliphatic heterocycles. The minimum Gasteiger partial charge on any atom is -0.496 e. The molecule has 6 nitrogen and oxygen atoms in total. The van der Waals surface area contributed by atoms with Gasteiger partial charge in [-0.05, 0) is 38.5 Å². The first kappa shape index (κ1) is 21.0. The first-order valence-electron chi connectivity index (χ1n) is 10.3. The smallest absolute Gasteiger partial charge is 0.243 e. The van der Waals surface area contributed by atoms with Crippen LogP contribution in [0, 0.1) is 0 Å². The maximum atomic E-state index is 13.4. The fourth-order valence-electron chi connectivity index (χ4n) is 4.02. The number of carbonyl (C=O) groups is 2. The molecule has 0 saturated carbocycles. The lowest BCUT2D eigenvalue weighted by molar-refractivity contribution is -0.143. The van der Waals surface area contributed by atoms with Gasteiger partial charge in [0.25, 0.3) is 0 Å². The molecule has 0 spiro atoms. The second-order valence-corrected chi connectivity index (χ2v) is 7.72. The van der Waals surface area contributed by atoms with Crippen molar-refractivity contribution < 1.29 is 14.3 Å². The van der Waals surface area contributed by atoms with Gasteiger partial charge >= 0.3 is 0 Å². The fraction of sp³-hybridized carbons (Fsp3) is 0.478. The second-order valence-electron chi connectivity index (χ2n) is 7.72. The van der Waals surface area contributed by atoms with E-state index in [4.69, 9.17) is 4.74 Å². The van der Waals surface area contributed by atoms with Crippen LogP contribution >= 0.6 is 0 Å². The molecule has 0 saturated heterocycles. The van der Waals surface area contributed by atoms with Crippen molar-refractivity contribution in [2.24, 2.45) is 0 Å². The number of amides is 2. The minimum atomic E-state index is -0.238. The van der Waals surface area contributed by atoms with Gasteiger partial charge in [-0.15, -0.1) is 0 Å². The largest absolute Gasteiger partial charge is 0.496 e. The molecule has 0 N–H and O–H groups in total. The van der Waals surface area contributed by atoms with Gasteiger partial charge in [0.05, 0.1) is 7.11 Å². The van der Waals surface area contributed by atoms with E-state index >= 15 is 0 Å².